The number of carbonyl (C=O) groups is 1. The van der Waals surface area contributed by atoms with Crippen molar-refractivity contribution >= 4 is 17.3 Å². The fourth-order valence-electron chi connectivity index (χ4n) is 2.45. The van der Waals surface area contributed by atoms with Crippen LogP contribution in [-0.2, 0) is 6.42 Å². The molecule has 0 spiro atoms. The molecule has 1 fully saturated rings. The van der Waals surface area contributed by atoms with Crippen LogP contribution >= 0.6 is 11.3 Å². The molecule has 1 aliphatic rings. The molecule has 0 saturated heterocycles. The SMILES string of the molecule is Cc1nc(CCNC2CCCCC2)sc1C(=O)O. The van der Waals surface area contributed by atoms with Crippen LogP contribution in [0.5, 0.6) is 0 Å². The topological polar surface area (TPSA) is 62.2 Å². The fourth-order valence-corrected chi connectivity index (χ4v) is 3.35. The van der Waals surface area contributed by atoms with E-state index in [1.54, 1.807) is 6.92 Å². The Morgan fingerprint density at radius 3 is 2.78 bits per heavy atom. The van der Waals surface area contributed by atoms with E-state index in [1.807, 2.05) is 0 Å². The number of hydrogen-bond acceptors (Lipinski definition) is 4. The summed E-state index contributed by atoms with van der Waals surface area (Å²) in [6.07, 6.45) is 7.41. The van der Waals surface area contributed by atoms with E-state index in [0.29, 0.717) is 16.6 Å². The third kappa shape index (κ3) is 3.53. The van der Waals surface area contributed by atoms with E-state index < -0.39 is 5.97 Å². The Bertz CT molecular complexity index is 411. The lowest BCUT2D eigenvalue weighted by Crippen LogP contribution is -2.32. The normalized spacial score (nSPS) is 16.9. The molecule has 18 heavy (non-hydrogen) atoms. The monoisotopic (exact) mass is 268 g/mol. The summed E-state index contributed by atoms with van der Waals surface area (Å²) in [5.74, 6) is -0.864. The Morgan fingerprint density at radius 2 is 2.17 bits per heavy atom. The summed E-state index contributed by atoms with van der Waals surface area (Å²) in [5, 5.41) is 13.4. The molecule has 2 N–H and O–H groups in total. The van der Waals surface area contributed by atoms with Gasteiger partial charge in [0.1, 0.15) is 4.88 Å². The number of hydrogen-bond donors (Lipinski definition) is 2. The third-order valence-electron chi connectivity index (χ3n) is 3.41. The fraction of sp³-hybridized carbons (Fsp3) is 0.692. The number of aryl methyl sites for hydroxylation is 1. The molecule has 1 aromatic rings. The predicted octanol–water partition coefficient (Wildman–Crippen LogP) is 2.61. The highest BCUT2D eigenvalue weighted by Crippen LogP contribution is 2.19. The summed E-state index contributed by atoms with van der Waals surface area (Å²) in [7, 11) is 0. The molecule has 0 aliphatic heterocycles. The zero-order chi connectivity index (χ0) is 13.0. The van der Waals surface area contributed by atoms with Crippen LogP contribution in [0.2, 0.25) is 0 Å². The lowest BCUT2D eigenvalue weighted by atomic mass is 9.95. The number of aromatic nitrogens is 1. The van der Waals surface area contributed by atoms with Crippen molar-refractivity contribution in [2.24, 2.45) is 0 Å². The first kappa shape index (κ1) is 13.5. The van der Waals surface area contributed by atoms with Crippen molar-refractivity contribution in [2.45, 2.75) is 51.5 Å². The number of carboxylic acid groups (broad SMARTS) is 1. The van der Waals surface area contributed by atoms with Crippen molar-refractivity contribution in [3.63, 3.8) is 0 Å². The second-order valence-electron chi connectivity index (χ2n) is 4.87. The number of nitrogens with zero attached hydrogens (tertiary/aromatic N) is 1. The average molecular weight is 268 g/mol. The van der Waals surface area contributed by atoms with E-state index in [9.17, 15) is 4.79 Å². The van der Waals surface area contributed by atoms with Crippen molar-refractivity contribution in [3.05, 3.63) is 15.6 Å². The Balaban J connectivity index is 1.79. The molecule has 0 atom stereocenters. The minimum atomic E-state index is -0.864. The van der Waals surface area contributed by atoms with Crippen molar-refractivity contribution in [3.8, 4) is 0 Å². The van der Waals surface area contributed by atoms with Gasteiger partial charge in [0.15, 0.2) is 0 Å². The van der Waals surface area contributed by atoms with Gasteiger partial charge in [-0.25, -0.2) is 9.78 Å². The smallest absolute Gasteiger partial charge is 0.347 e. The van der Waals surface area contributed by atoms with E-state index in [2.05, 4.69) is 10.3 Å². The van der Waals surface area contributed by atoms with E-state index in [4.69, 9.17) is 5.11 Å². The molecule has 0 aromatic carbocycles. The van der Waals surface area contributed by atoms with Gasteiger partial charge in [-0.2, -0.15) is 0 Å². The molecule has 0 radical (unpaired) electrons. The summed E-state index contributed by atoms with van der Waals surface area (Å²) in [6.45, 7) is 2.66. The van der Waals surface area contributed by atoms with E-state index >= 15 is 0 Å². The lowest BCUT2D eigenvalue weighted by Gasteiger charge is -2.22. The van der Waals surface area contributed by atoms with Gasteiger partial charge in [0.2, 0.25) is 0 Å². The summed E-state index contributed by atoms with van der Waals surface area (Å²) in [4.78, 5) is 15.6. The van der Waals surface area contributed by atoms with Gasteiger partial charge in [-0.15, -0.1) is 11.3 Å². The summed E-state index contributed by atoms with van der Waals surface area (Å²) >= 11 is 1.30. The molecule has 4 nitrogen and oxygen atoms in total. The molecule has 0 bridgehead atoms. The molecule has 1 aromatic heterocycles. The van der Waals surface area contributed by atoms with Crippen LogP contribution in [0.25, 0.3) is 0 Å². The zero-order valence-corrected chi connectivity index (χ0v) is 11.6. The van der Waals surface area contributed by atoms with Gasteiger partial charge in [-0.05, 0) is 19.8 Å². The average Bonchev–Trinajstić information content (AvgIpc) is 2.72. The molecule has 1 heterocycles. The third-order valence-corrected chi connectivity index (χ3v) is 4.62. The largest absolute Gasteiger partial charge is 0.477 e. The Labute approximate surface area is 111 Å². The van der Waals surface area contributed by atoms with Crippen LogP contribution in [0, 0.1) is 6.92 Å². The highest BCUT2D eigenvalue weighted by atomic mass is 32.1. The minimum absolute atomic E-state index is 0.377. The molecule has 100 valence electrons. The van der Waals surface area contributed by atoms with Crippen molar-refractivity contribution in [2.75, 3.05) is 6.54 Å². The van der Waals surface area contributed by atoms with Gasteiger partial charge in [0, 0.05) is 19.0 Å². The first-order chi connectivity index (χ1) is 8.66. The molecular weight excluding hydrogens is 248 g/mol. The number of thiazole rings is 1. The van der Waals surface area contributed by atoms with E-state index in [0.717, 1.165) is 18.0 Å². The second kappa shape index (κ2) is 6.29. The first-order valence-electron chi connectivity index (χ1n) is 6.60. The molecular formula is C13H20N2O2S. The molecule has 5 heteroatoms. The quantitative estimate of drug-likeness (QED) is 0.861. The predicted molar refractivity (Wildman–Crippen MR) is 72.4 cm³/mol. The summed E-state index contributed by atoms with van der Waals surface area (Å²) in [5.41, 5.74) is 0.639. The van der Waals surface area contributed by atoms with Crippen LogP contribution in [0.4, 0.5) is 0 Å². The van der Waals surface area contributed by atoms with Crippen LogP contribution in [-0.4, -0.2) is 28.6 Å². The standard InChI is InChI=1S/C13H20N2O2S/c1-9-12(13(16)17)18-11(15-9)7-8-14-10-5-3-2-4-6-10/h10,14H,2-8H2,1H3,(H,16,17). The second-order valence-corrected chi connectivity index (χ2v) is 5.95. The maximum absolute atomic E-state index is 10.9. The maximum Gasteiger partial charge on any atom is 0.347 e. The number of nitrogens with one attached hydrogen (secondary N) is 1. The van der Waals surface area contributed by atoms with Crippen LogP contribution in [0.3, 0.4) is 0 Å². The number of rotatable bonds is 5. The van der Waals surface area contributed by atoms with Crippen molar-refractivity contribution < 1.29 is 9.90 Å². The first-order valence-corrected chi connectivity index (χ1v) is 7.41. The van der Waals surface area contributed by atoms with Crippen LogP contribution in [0.1, 0.15) is 52.5 Å². The van der Waals surface area contributed by atoms with Crippen LogP contribution in [0.15, 0.2) is 0 Å². The molecule has 2 rings (SSSR count). The maximum atomic E-state index is 10.9. The summed E-state index contributed by atoms with van der Waals surface area (Å²) < 4.78 is 0. The molecule has 0 amide bonds. The van der Waals surface area contributed by atoms with Gasteiger partial charge in [-0.3, -0.25) is 0 Å². The number of carboxylic acids is 1. The van der Waals surface area contributed by atoms with Gasteiger partial charge in [-0.1, -0.05) is 19.3 Å². The van der Waals surface area contributed by atoms with Gasteiger partial charge >= 0.3 is 5.97 Å². The lowest BCUT2D eigenvalue weighted by molar-refractivity contribution is 0.0701. The molecule has 0 unspecified atom stereocenters. The van der Waals surface area contributed by atoms with Gasteiger partial charge in [0.25, 0.3) is 0 Å². The van der Waals surface area contributed by atoms with Crippen molar-refractivity contribution in [1.82, 2.24) is 10.3 Å². The molecule has 1 aliphatic carbocycles. The zero-order valence-electron chi connectivity index (χ0n) is 10.7. The Kier molecular flexibility index (Phi) is 4.72. The number of aromatic carboxylic acids is 1. The minimum Gasteiger partial charge on any atom is -0.477 e. The Morgan fingerprint density at radius 1 is 1.44 bits per heavy atom. The summed E-state index contributed by atoms with van der Waals surface area (Å²) in [6, 6.07) is 0.652. The van der Waals surface area contributed by atoms with Gasteiger partial charge in [0.05, 0.1) is 10.7 Å². The van der Waals surface area contributed by atoms with E-state index in [-0.39, 0.29) is 0 Å². The molecule has 1 saturated carbocycles. The highest BCUT2D eigenvalue weighted by molar-refractivity contribution is 7.13. The highest BCUT2D eigenvalue weighted by Gasteiger charge is 2.15. The van der Waals surface area contributed by atoms with Gasteiger partial charge < -0.3 is 10.4 Å². The van der Waals surface area contributed by atoms with Crippen molar-refractivity contribution in [1.29, 1.82) is 0 Å². The van der Waals surface area contributed by atoms with E-state index in [1.165, 1.54) is 43.4 Å². The Hall–Kier alpha value is -0.940. The van der Waals surface area contributed by atoms with Crippen LogP contribution < -0.4 is 5.32 Å².